The topological polar surface area (TPSA) is 71.1 Å². The van der Waals surface area contributed by atoms with E-state index < -0.39 is 38.2 Å². The van der Waals surface area contributed by atoms with Crippen LogP contribution in [0.5, 0.6) is 0 Å². The second kappa shape index (κ2) is 13.5. The van der Waals surface area contributed by atoms with Crippen LogP contribution >= 0.6 is 7.82 Å². The van der Waals surface area contributed by atoms with Crippen LogP contribution in [0, 0.1) is 5.92 Å². The number of alkyl halides is 3. The Morgan fingerprint density at radius 2 is 1.46 bits per heavy atom. The maximum absolute atomic E-state index is 14.3. The SMILES string of the molecule is CCOC(=O)C[C@@H]([C@H](/C=C(\OP(=O)(OCC)OCC)c1ccccc1)c1ccccc1)C(F)(F)F. The zero-order valence-corrected chi connectivity index (χ0v) is 20.8. The molecule has 0 radical (unpaired) electrons. The number of carbonyl (C=O) groups is 1. The lowest BCUT2D eigenvalue weighted by Gasteiger charge is -2.28. The summed E-state index contributed by atoms with van der Waals surface area (Å²) in [5.74, 6) is -4.60. The van der Waals surface area contributed by atoms with Crippen molar-refractivity contribution in [1.82, 2.24) is 0 Å². The Labute approximate surface area is 203 Å². The fraction of sp³-hybridized carbons (Fsp3) is 0.400. The molecule has 0 fully saturated rings. The number of ether oxygens (including phenoxy) is 1. The molecule has 0 unspecified atom stereocenters. The Hall–Kier alpha value is -2.61. The highest BCUT2D eigenvalue weighted by Gasteiger charge is 2.46. The molecule has 2 aromatic rings. The van der Waals surface area contributed by atoms with Crippen LogP contribution in [0.2, 0.25) is 0 Å². The number of esters is 1. The fourth-order valence-electron chi connectivity index (χ4n) is 3.44. The summed E-state index contributed by atoms with van der Waals surface area (Å²) in [5.41, 5.74) is 0.656. The predicted molar refractivity (Wildman–Crippen MR) is 126 cm³/mol. The Kier molecular flexibility index (Phi) is 11.0. The van der Waals surface area contributed by atoms with E-state index >= 15 is 0 Å². The number of hydrogen-bond acceptors (Lipinski definition) is 6. The van der Waals surface area contributed by atoms with Crippen molar-refractivity contribution in [2.24, 2.45) is 5.92 Å². The van der Waals surface area contributed by atoms with Crippen molar-refractivity contribution in [1.29, 1.82) is 0 Å². The lowest BCUT2D eigenvalue weighted by Crippen LogP contribution is -2.31. The molecule has 0 spiro atoms. The molecule has 2 atom stereocenters. The molecule has 2 rings (SSSR count). The van der Waals surface area contributed by atoms with Crippen molar-refractivity contribution in [3.63, 3.8) is 0 Å². The highest BCUT2D eigenvalue weighted by molar-refractivity contribution is 7.48. The van der Waals surface area contributed by atoms with Gasteiger partial charge in [0, 0.05) is 11.5 Å². The van der Waals surface area contributed by atoms with Crippen molar-refractivity contribution in [2.45, 2.75) is 39.3 Å². The van der Waals surface area contributed by atoms with Gasteiger partial charge in [0.2, 0.25) is 0 Å². The third-order valence-corrected chi connectivity index (χ3v) is 6.47. The molecule has 10 heteroatoms. The molecule has 0 N–H and O–H groups in total. The molecular weight excluding hydrogens is 484 g/mol. The molecule has 0 aliphatic rings. The number of carbonyl (C=O) groups excluding carboxylic acids is 1. The third-order valence-electron chi connectivity index (χ3n) is 4.90. The van der Waals surface area contributed by atoms with E-state index in [9.17, 15) is 22.5 Å². The molecule has 0 saturated heterocycles. The summed E-state index contributed by atoms with van der Waals surface area (Å²) < 4.78 is 76.9. The summed E-state index contributed by atoms with van der Waals surface area (Å²) in [6.45, 7) is 4.65. The number of hydrogen-bond donors (Lipinski definition) is 0. The molecule has 192 valence electrons. The van der Waals surface area contributed by atoms with Gasteiger partial charge in [0.1, 0.15) is 5.76 Å². The van der Waals surface area contributed by atoms with Gasteiger partial charge in [0.25, 0.3) is 0 Å². The quantitative estimate of drug-likeness (QED) is 0.161. The van der Waals surface area contributed by atoms with E-state index in [1.807, 2.05) is 0 Å². The van der Waals surface area contributed by atoms with Gasteiger partial charge < -0.3 is 9.26 Å². The predicted octanol–water partition coefficient (Wildman–Crippen LogP) is 7.14. The van der Waals surface area contributed by atoms with Gasteiger partial charge in [0.05, 0.1) is 32.2 Å². The highest BCUT2D eigenvalue weighted by atomic mass is 31.2. The minimum atomic E-state index is -4.75. The van der Waals surface area contributed by atoms with Crippen LogP contribution in [0.1, 0.15) is 44.2 Å². The molecule has 0 saturated carbocycles. The van der Waals surface area contributed by atoms with Crippen LogP contribution < -0.4 is 0 Å². The second-order valence-corrected chi connectivity index (χ2v) is 8.96. The van der Waals surface area contributed by atoms with E-state index in [4.69, 9.17) is 18.3 Å². The third kappa shape index (κ3) is 8.84. The molecule has 0 heterocycles. The summed E-state index contributed by atoms with van der Waals surface area (Å²) in [6, 6.07) is 16.2. The maximum atomic E-state index is 14.3. The molecule has 35 heavy (non-hydrogen) atoms. The van der Waals surface area contributed by atoms with Gasteiger partial charge in [-0.05, 0) is 32.4 Å². The van der Waals surface area contributed by atoms with E-state index in [-0.39, 0.29) is 25.6 Å². The minimum Gasteiger partial charge on any atom is -0.466 e. The van der Waals surface area contributed by atoms with Crippen LogP contribution in [-0.2, 0) is 27.7 Å². The first kappa shape index (κ1) is 28.6. The highest BCUT2D eigenvalue weighted by Crippen LogP contribution is 2.53. The van der Waals surface area contributed by atoms with Gasteiger partial charge in [-0.1, -0.05) is 60.7 Å². The van der Waals surface area contributed by atoms with Gasteiger partial charge in [-0.25, -0.2) is 4.57 Å². The van der Waals surface area contributed by atoms with Crippen molar-refractivity contribution in [3.05, 3.63) is 77.9 Å². The van der Waals surface area contributed by atoms with Crippen LogP contribution in [-0.4, -0.2) is 32.0 Å². The van der Waals surface area contributed by atoms with Gasteiger partial charge in [0.15, 0.2) is 0 Å². The average molecular weight is 514 g/mol. The van der Waals surface area contributed by atoms with Crippen LogP contribution in [0.15, 0.2) is 66.7 Å². The minimum absolute atomic E-state index is 0.00447. The maximum Gasteiger partial charge on any atom is 0.530 e. The van der Waals surface area contributed by atoms with E-state index in [1.54, 1.807) is 62.4 Å². The zero-order chi connectivity index (χ0) is 25.9. The number of rotatable bonds is 13. The molecule has 0 aliphatic carbocycles. The van der Waals surface area contributed by atoms with E-state index in [1.165, 1.54) is 25.1 Å². The van der Waals surface area contributed by atoms with Gasteiger partial charge in [-0.3, -0.25) is 13.8 Å². The largest absolute Gasteiger partial charge is 0.530 e. The van der Waals surface area contributed by atoms with Crippen LogP contribution in [0.4, 0.5) is 13.2 Å². The Morgan fingerprint density at radius 1 is 0.914 bits per heavy atom. The summed E-state index contributed by atoms with van der Waals surface area (Å²) in [7, 11) is -4.14. The smallest absolute Gasteiger partial charge is 0.466 e. The van der Waals surface area contributed by atoms with Crippen LogP contribution in [0.25, 0.3) is 5.76 Å². The second-order valence-electron chi connectivity index (χ2n) is 7.36. The molecule has 0 aliphatic heterocycles. The zero-order valence-electron chi connectivity index (χ0n) is 19.9. The van der Waals surface area contributed by atoms with Crippen molar-refractivity contribution in [3.8, 4) is 0 Å². The lowest BCUT2D eigenvalue weighted by molar-refractivity contribution is -0.187. The summed E-state index contributed by atoms with van der Waals surface area (Å²) in [6.07, 6.45) is -4.44. The van der Waals surface area contributed by atoms with E-state index in [2.05, 4.69) is 0 Å². The van der Waals surface area contributed by atoms with Gasteiger partial charge in [-0.15, -0.1) is 0 Å². The Morgan fingerprint density at radius 3 is 1.94 bits per heavy atom. The summed E-state index contributed by atoms with van der Waals surface area (Å²) in [4.78, 5) is 12.1. The first-order valence-corrected chi connectivity index (χ1v) is 12.7. The number of phosphoric ester groups is 1. The molecule has 2 aromatic carbocycles. The molecule has 0 aromatic heterocycles. The lowest BCUT2D eigenvalue weighted by atomic mass is 9.82. The Balaban J connectivity index is 2.69. The van der Waals surface area contributed by atoms with E-state index in [0.29, 0.717) is 11.1 Å². The van der Waals surface area contributed by atoms with Gasteiger partial charge in [-0.2, -0.15) is 13.2 Å². The average Bonchev–Trinajstić information content (AvgIpc) is 2.81. The molecule has 0 amide bonds. The number of phosphoric acid groups is 1. The Bertz CT molecular complexity index is 985. The fourth-order valence-corrected chi connectivity index (χ4v) is 4.66. The number of benzene rings is 2. The number of allylic oxidation sites excluding steroid dienone is 1. The normalized spacial score (nSPS) is 14.3. The van der Waals surface area contributed by atoms with Crippen molar-refractivity contribution < 1.29 is 40.8 Å². The first-order chi connectivity index (χ1) is 16.6. The molecular formula is C25H30F3O6P. The number of halogens is 3. The molecule has 6 nitrogen and oxygen atoms in total. The standard InChI is InChI=1S/C25H30F3O6P/c1-4-31-24(29)18-22(25(26,27)28)21(19-13-9-7-10-14-19)17-23(20-15-11-8-12-16-20)34-35(30,32-5-2)33-6-3/h7-17,21-22H,4-6,18H2,1-3H3/b23-17-/t21-,22+/m1/s1. The van der Waals surface area contributed by atoms with Gasteiger partial charge >= 0.3 is 20.0 Å². The van der Waals surface area contributed by atoms with Crippen molar-refractivity contribution >= 4 is 19.6 Å². The van der Waals surface area contributed by atoms with Crippen LogP contribution in [0.3, 0.4) is 0 Å². The monoisotopic (exact) mass is 514 g/mol. The first-order valence-electron chi connectivity index (χ1n) is 11.3. The van der Waals surface area contributed by atoms with E-state index in [0.717, 1.165) is 0 Å². The summed E-state index contributed by atoms with van der Waals surface area (Å²) >= 11 is 0. The van der Waals surface area contributed by atoms with Crippen molar-refractivity contribution in [2.75, 3.05) is 19.8 Å². The summed E-state index contributed by atoms with van der Waals surface area (Å²) in [5, 5.41) is 0. The molecule has 0 bridgehead atoms.